The minimum Gasteiger partial charge on any atom is -0.497 e. The van der Waals surface area contributed by atoms with Gasteiger partial charge in [-0.15, -0.1) is 5.10 Å². The van der Waals surface area contributed by atoms with Crippen LogP contribution in [0.3, 0.4) is 0 Å². The van der Waals surface area contributed by atoms with E-state index in [0.29, 0.717) is 24.5 Å². The molecule has 0 bridgehead atoms. The topological polar surface area (TPSA) is 63.5 Å². The highest BCUT2D eigenvalue weighted by molar-refractivity contribution is 6.07. The smallest absolute Gasteiger partial charge is 0.256 e. The third-order valence-corrected chi connectivity index (χ3v) is 5.75. The van der Waals surface area contributed by atoms with Crippen LogP contribution in [0.5, 0.6) is 5.75 Å². The van der Waals surface area contributed by atoms with Crippen LogP contribution in [-0.4, -0.2) is 58.9 Å². The second-order valence-electron chi connectivity index (χ2n) is 7.49. The summed E-state index contributed by atoms with van der Waals surface area (Å²) in [5, 5.41) is 9.12. The molecule has 4 aromatic rings. The van der Waals surface area contributed by atoms with Crippen LogP contribution in [0.4, 0.5) is 5.69 Å². The van der Waals surface area contributed by atoms with Crippen LogP contribution in [-0.2, 0) is 0 Å². The molecule has 2 aromatic heterocycles. The number of ether oxygens (including phenoxy) is 1. The maximum atomic E-state index is 13.4. The summed E-state index contributed by atoms with van der Waals surface area (Å²) in [6, 6.07) is 19.7. The van der Waals surface area contributed by atoms with Crippen molar-refractivity contribution in [3.8, 4) is 11.6 Å². The largest absolute Gasteiger partial charge is 0.497 e. The molecule has 0 atom stereocenters. The molecule has 1 aliphatic heterocycles. The Morgan fingerprint density at radius 2 is 1.71 bits per heavy atom. The second kappa shape index (κ2) is 8.10. The van der Waals surface area contributed by atoms with E-state index >= 15 is 0 Å². The Labute approximate surface area is 180 Å². The fraction of sp³-hybridized carbons (Fsp3) is 0.208. The molecule has 1 aliphatic rings. The number of carbonyl (C=O) groups excluding carboxylic acids is 1. The van der Waals surface area contributed by atoms with Gasteiger partial charge in [0.05, 0.1) is 18.2 Å². The van der Waals surface area contributed by atoms with Crippen LogP contribution in [0.2, 0.25) is 0 Å². The van der Waals surface area contributed by atoms with Gasteiger partial charge in [0.2, 0.25) is 0 Å². The Bertz CT molecular complexity index is 1200. The lowest BCUT2D eigenvalue weighted by Gasteiger charge is -2.36. The number of hydrogen-bond donors (Lipinski definition) is 0. The molecule has 7 heteroatoms. The Morgan fingerprint density at radius 1 is 0.935 bits per heavy atom. The molecule has 0 radical (unpaired) electrons. The molecule has 7 nitrogen and oxygen atoms in total. The number of methoxy groups -OCH3 is 1. The quantitative estimate of drug-likeness (QED) is 0.513. The van der Waals surface area contributed by atoms with E-state index in [1.807, 2.05) is 64.2 Å². The number of piperazine rings is 1. The van der Waals surface area contributed by atoms with E-state index in [0.717, 1.165) is 35.4 Å². The second-order valence-corrected chi connectivity index (χ2v) is 7.49. The predicted molar refractivity (Wildman–Crippen MR) is 120 cm³/mol. The number of anilines is 1. The van der Waals surface area contributed by atoms with Gasteiger partial charge in [-0.25, -0.2) is 0 Å². The van der Waals surface area contributed by atoms with Crippen LogP contribution >= 0.6 is 0 Å². The maximum Gasteiger partial charge on any atom is 0.256 e. The molecule has 0 spiro atoms. The van der Waals surface area contributed by atoms with E-state index in [4.69, 9.17) is 4.74 Å². The van der Waals surface area contributed by atoms with Gasteiger partial charge >= 0.3 is 0 Å². The van der Waals surface area contributed by atoms with E-state index in [2.05, 4.69) is 27.2 Å². The first-order valence-electron chi connectivity index (χ1n) is 10.3. The summed E-state index contributed by atoms with van der Waals surface area (Å²) in [4.78, 5) is 17.7. The number of fused-ring (bicyclic) bond motifs is 1. The minimum atomic E-state index is 0.0493. The third-order valence-electron chi connectivity index (χ3n) is 5.75. The van der Waals surface area contributed by atoms with Crippen LogP contribution in [0.1, 0.15) is 10.4 Å². The molecule has 5 rings (SSSR count). The SMILES string of the molecule is COc1ccc(N2CCN(C(=O)c3cn(-c4cccnn4)c4ccccc34)CC2)cc1. The summed E-state index contributed by atoms with van der Waals surface area (Å²) < 4.78 is 7.18. The fourth-order valence-corrected chi connectivity index (χ4v) is 4.09. The van der Waals surface area contributed by atoms with Crippen LogP contribution < -0.4 is 9.64 Å². The maximum absolute atomic E-state index is 13.4. The van der Waals surface area contributed by atoms with Crippen molar-refractivity contribution in [1.82, 2.24) is 19.7 Å². The molecule has 0 unspecified atom stereocenters. The summed E-state index contributed by atoms with van der Waals surface area (Å²) in [5.41, 5.74) is 2.79. The number of para-hydroxylation sites is 1. The zero-order valence-electron chi connectivity index (χ0n) is 17.3. The molecule has 1 amide bonds. The highest BCUT2D eigenvalue weighted by Crippen LogP contribution is 2.26. The van der Waals surface area contributed by atoms with E-state index in [1.54, 1.807) is 13.3 Å². The molecule has 3 heterocycles. The van der Waals surface area contributed by atoms with Gasteiger partial charge in [0.1, 0.15) is 5.75 Å². The van der Waals surface area contributed by atoms with E-state index < -0.39 is 0 Å². The number of carbonyl (C=O) groups is 1. The van der Waals surface area contributed by atoms with Crippen LogP contribution in [0.25, 0.3) is 16.7 Å². The molecule has 0 saturated carbocycles. The summed E-state index contributed by atoms with van der Waals surface area (Å²) in [6.07, 6.45) is 3.52. The van der Waals surface area contributed by atoms with E-state index in [1.165, 1.54) is 0 Å². The molecule has 1 fully saturated rings. The summed E-state index contributed by atoms with van der Waals surface area (Å²) >= 11 is 0. The third kappa shape index (κ3) is 3.59. The standard InChI is InChI=1S/C24H23N5O2/c1-31-19-10-8-18(9-11-19)27-13-15-28(16-14-27)24(30)21-17-29(23-7-4-12-25-26-23)22-6-3-2-5-20(21)22/h2-12,17H,13-16H2,1H3. The first-order chi connectivity index (χ1) is 15.2. The number of nitrogens with zero attached hydrogens (tertiary/aromatic N) is 5. The van der Waals surface area contributed by atoms with Crippen molar-refractivity contribution in [2.24, 2.45) is 0 Å². The lowest BCUT2D eigenvalue weighted by Crippen LogP contribution is -2.48. The van der Waals surface area contributed by atoms with Gasteiger partial charge in [-0.1, -0.05) is 18.2 Å². The fourth-order valence-electron chi connectivity index (χ4n) is 4.09. The Balaban J connectivity index is 1.37. The van der Waals surface area contributed by atoms with Crippen molar-refractivity contribution >= 4 is 22.5 Å². The summed E-state index contributed by atoms with van der Waals surface area (Å²) in [7, 11) is 1.67. The lowest BCUT2D eigenvalue weighted by molar-refractivity contribution is 0.0748. The molecular weight excluding hydrogens is 390 g/mol. The molecule has 0 aliphatic carbocycles. The van der Waals surface area contributed by atoms with Crippen molar-refractivity contribution in [3.63, 3.8) is 0 Å². The Hall–Kier alpha value is -3.87. The van der Waals surface area contributed by atoms with Gasteiger partial charge in [-0.2, -0.15) is 5.10 Å². The number of hydrogen-bond acceptors (Lipinski definition) is 5. The molecule has 31 heavy (non-hydrogen) atoms. The molecule has 0 N–H and O–H groups in total. The average molecular weight is 413 g/mol. The Morgan fingerprint density at radius 3 is 2.42 bits per heavy atom. The number of aromatic nitrogens is 3. The highest BCUT2D eigenvalue weighted by atomic mass is 16.5. The summed E-state index contributed by atoms with van der Waals surface area (Å²) in [5.74, 6) is 1.59. The van der Waals surface area contributed by atoms with Gasteiger partial charge in [-0.3, -0.25) is 9.36 Å². The van der Waals surface area contributed by atoms with Gasteiger partial charge in [0.15, 0.2) is 5.82 Å². The molecule has 156 valence electrons. The van der Waals surface area contributed by atoms with Gasteiger partial charge < -0.3 is 14.5 Å². The van der Waals surface area contributed by atoms with Crippen molar-refractivity contribution in [2.45, 2.75) is 0 Å². The normalized spacial score (nSPS) is 14.1. The number of benzene rings is 2. The molecule has 1 saturated heterocycles. The van der Waals surface area contributed by atoms with E-state index in [-0.39, 0.29) is 5.91 Å². The van der Waals surface area contributed by atoms with Gasteiger partial charge in [-0.05, 0) is 42.5 Å². The Kier molecular flexibility index (Phi) is 5.00. The molecule has 2 aromatic carbocycles. The monoisotopic (exact) mass is 413 g/mol. The highest BCUT2D eigenvalue weighted by Gasteiger charge is 2.25. The van der Waals surface area contributed by atoms with Crippen LogP contribution in [0, 0.1) is 0 Å². The zero-order valence-corrected chi connectivity index (χ0v) is 17.3. The van der Waals surface area contributed by atoms with E-state index in [9.17, 15) is 4.79 Å². The van der Waals surface area contributed by atoms with Crippen LogP contribution in [0.15, 0.2) is 73.1 Å². The molecular formula is C24H23N5O2. The van der Waals surface area contributed by atoms with Crippen molar-refractivity contribution < 1.29 is 9.53 Å². The van der Waals surface area contributed by atoms with Gasteiger partial charge in [0, 0.05) is 49.6 Å². The first kappa shape index (κ1) is 19.1. The van der Waals surface area contributed by atoms with Crippen molar-refractivity contribution in [1.29, 1.82) is 0 Å². The summed E-state index contributed by atoms with van der Waals surface area (Å²) in [6.45, 7) is 2.94. The average Bonchev–Trinajstić information content (AvgIpc) is 3.24. The number of rotatable bonds is 4. The van der Waals surface area contributed by atoms with Gasteiger partial charge in [0.25, 0.3) is 5.91 Å². The van der Waals surface area contributed by atoms with Crippen molar-refractivity contribution in [3.05, 3.63) is 78.6 Å². The first-order valence-corrected chi connectivity index (χ1v) is 10.3. The number of amides is 1. The zero-order chi connectivity index (χ0) is 21.2. The lowest BCUT2D eigenvalue weighted by atomic mass is 10.1. The minimum absolute atomic E-state index is 0.0493. The van der Waals surface area contributed by atoms with Crippen molar-refractivity contribution in [2.75, 3.05) is 38.2 Å². The predicted octanol–water partition coefficient (Wildman–Crippen LogP) is 3.39.